The van der Waals surface area contributed by atoms with Crippen LogP contribution in [0.5, 0.6) is 0 Å². The highest BCUT2D eigenvalue weighted by atomic mass is 35.5. The van der Waals surface area contributed by atoms with Gasteiger partial charge in [-0.3, -0.25) is 0 Å². The van der Waals surface area contributed by atoms with Gasteiger partial charge in [0, 0.05) is 0 Å². The molecule has 2 aliphatic rings. The Kier molecular flexibility index (Phi) is 3.14. The molecule has 2 bridgehead atoms. The van der Waals surface area contributed by atoms with Gasteiger partial charge in [0.15, 0.2) is 10.00 Å². The van der Waals surface area contributed by atoms with Gasteiger partial charge in [0.2, 0.25) is 0 Å². The molecule has 3 atom stereocenters. The summed E-state index contributed by atoms with van der Waals surface area (Å²) < 4.78 is 2.86. The third kappa shape index (κ3) is 1.53. The molecule has 1 aromatic carbocycles. The van der Waals surface area contributed by atoms with Crippen molar-refractivity contribution in [3.8, 4) is 5.69 Å². The summed E-state index contributed by atoms with van der Waals surface area (Å²) in [6.45, 7) is 0. The molecule has 0 amide bonds. The van der Waals surface area contributed by atoms with Crippen molar-refractivity contribution < 1.29 is 0 Å². The number of aromatic nitrogens is 3. The Balaban J connectivity index is 2.14. The third-order valence-electron chi connectivity index (χ3n) is 4.06. The van der Waals surface area contributed by atoms with Gasteiger partial charge in [-0.15, -0.1) is 11.6 Å². The highest BCUT2D eigenvalue weighted by Crippen LogP contribution is 2.63. The fraction of sp³-hybridized carbons (Fsp3) is 0.231. The Bertz CT molecular complexity index is 934. The smallest absolute Gasteiger partial charge is 0.245 e. The van der Waals surface area contributed by atoms with Crippen LogP contribution in [0.2, 0.25) is 0 Å². The molecule has 2 heterocycles. The lowest BCUT2D eigenvalue weighted by atomic mass is 10.2. The highest BCUT2D eigenvalue weighted by molar-refractivity contribution is 6.53. The summed E-state index contributed by atoms with van der Waals surface area (Å²) in [6, 6.07) is 8.36. The van der Waals surface area contributed by atoms with E-state index in [4.69, 9.17) is 58.0 Å². The number of nitrogens with zero attached hydrogens (tertiary/aromatic N) is 3. The van der Waals surface area contributed by atoms with Gasteiger partial charge < -0.3 is 0 Å². The fourth-order valence-corrected chi connectivity index (χ4v) is 5.13. The van der Waals surface area contributed by atoms with Crippen LogP contribution in [0.4, 0.5) is 0 Å². The number of alkyl halides is 3. The van der Waals surface area contributed by atoms with Gasteiger partial charge in [-0.1, -0.05) is 64.6 Å². The fourth-order valence-electron chi connectivity index (χ4n) is 2.99. The molecule has 0 fully saturated rings. The van der Waals surface area contributed by atoms with Crippen LogP contribution >= 0.6 is 58.0 Å². The summed E-state index contributed by atoms with van der Waals surface area (Å²) in [7, 11) is 0. The van der Waals surface area contributed by atoms with E-state index in [0.29, 0.717) is 5.69 Å². The first kappa shape index (κ1) is 15.7. The number of para-hydroxylation sites is 1. The number of rotatable bonds is 1. The van der Waals surface area contributed by atoms with Crippen molar-refractivity contribution in [3.05, 3.63) is 61.4 Å². The van der Waals surface area contributed by atoms with Crippen molar-refractivity contribution in [3.63, 3.8) is 0 Å². The zero-order chi connectivity index (χ0) is 16.7. The summed E-state index contributed by atoms with van der Waals surface area (Å²) in [5, 5.41) is -1.23. The van der Waals surface area contributed by atoms with Crippen molar-refractivity contribution in [1.29, 1.82) is 0 Å². The van der Waals surface area contributed by atoms with Crippen molar-refractivity contribution in [1.82, 2.24) is 13.9 Å². The number of benzene rings is 1. The molecule has 1 unspecified atom stereocenters. The van der Waals surface area contributed by atoms with Crippen molar-refractivity contribution in [2.45, 2.75) is 15.4 Å². The number of hydrogen-bond donors (Lipinski definition) is 0. The number of allylic oxidation sites excluding steroid dienone is 2. The number of halogens is 5. The molecular weight excluding hydrogens is 407 g/mol. The van der Waals surface area contributed by atoms with E-state index in [2.05, 4.69) is 0 Å². The lowest BCUT2D eigenvalue weighted by Crippen LogP contribution is -2.41. The Hall–Kier alpha value is -0.850. The van der Waals surface area contributed by atoms with E-state index in [1.807, 2.05) is 0 Å². The first-order chi connectivity index (χ1) is 10.8. The molecule has 5 nitrogen and oxygen atoms in total. The average Bonchev–Trinajstić information content (AvgIpc) is 2.96. The normalized spacial score (nSPS) is 31.8. The van der Waals surface area contributed by atoms with Crippen molar-refractivity contribution in [2.24, 2.45) is 0 Å². The lowest BCUT2D eigenvalue weighted by Gasteiger charge is -2.23. The largest absolute Gasteiger partial charge is 0.354 e. The molecule has 10 heteroatoms. The second-order valence-electron chi connectivity index (χ2n) is 5.20. The van der Waals surface area contributed by atoms with E-state index < -0.39 is 26.8 Å². The van der Waals surface area contributed by atoms with Crippen LogP contribution in [0.15, 0.2) is 50.0 Å². The van der Waals surface area contributed by atoms with E-state index in [0.717, 1.165) is 13.9 Å². The number of fused-ring (bicyclic) bond motifs is 5. The van der Waals surface area contributed by atoms with Gasteiger partial charge >= 0.3 is 11.4 Å². The van der Waals surface area contributed by atoms with Crippen LogP contribution in [-0.4, -0.2) is 19.3 Å². The van der Waals surface area contributed by atoms with E-state index in [9.17, 15) is 9.59 Å². The predicted octanol–water partition coefficient (Wildman–Crippen LogP) is 2.91. The van der Waals surface area contributed by atoms with Crippen molar-refractivity contribution in [2.75, 3.05) is 0 Å². The second kappa shape index (κ2) is 4.61. The minimum absolute atomic E-state index is 0.0665. The topological polar surface area (TPSA) is 48.9 Å². The van der Waals surface area contributed by atoms with E-state index >= 15 is 0 Å². The lowest BCUT2D eigenvalue weighted by molar-refractivity contribution is 0.447. The molecule has 4 rings (SSSR count). The highest BCUT2D eigenvalue weighted by Gasteiger charge is 2.71. The standard InChI is InChI=1S/C13H6Cl5N3O2/c14-7-8(15)13(18)9(16)12(7,17)20-10(22)19(11(23)21(13)20)6-4-2-1-3-5-6/h1-5,9H/t9?,12-,13+. The van der Waals surface area contributed by atoms with Crippen molar-refractivity contribution >= 4 is 58.0 Å². The Morgan fingerprint density at radius 3 is 1.74 bits per heavy atom. The number of hydrogen-bond acceptors (Lipinski definition) is 2. The quantitative estimate of drug-likeness (QED) is 0.675. The molecule has 2 aromatic rings. The molecule has 0 saturated carbocycles. The molecule has 0 spiro atoms. The SMILES string of the molecule is O=c1n(-c2ccccc2)c(=O)n2n1[C@@]1(Cl)C(Cl)=C(Cl)[C@]2(Cl)C1Cl. The van der Waals surface area contributed by atoms with Gasteiger partial charge in [-0.05, 0) is 12.1 Å². The van der Waals surface area contributed by atoms with Crippen LogP contribution in [0.3, 0.4) is 0 Å². The summed E-state index contributed by atoms with van der Waals surface area (Å²) in [5.41, 5.74) is -1.03. The molecule has 1 aromatic heterocycles. The van der Waals surface area contributed by atoms with Gasteiger partial charge in [-0.2, -0.15) is 9.36 Å². The van der Waals surface area contributed by atoms with E-state index in [1.165, 1.54) is 0 Å². The molecule has 0 saturated heterocycles. The summed E-state index contributed by atoms with van der Waals surface area (Å²) in [6.07, 6.45) is 0. The second-order valence-corrected chi connectivity index (χ2v) is 7.54. The van der Waals surface area contributed by atoms with Gasteiger partial charge in [0.05, 0.1) is 15.8 Å². The van der Waals surface area contributed by atoms with Gasteiger partial charge in [-0.25, -0.2) is 14.2 Å². The zero-order valence-corrected chi connectivity index (χ0v) is 14.8. The minimum Gasteiger partial charge on any atom is -0.245 e. The summed E-state index contributed by atoms with van der Waals surface area (Å²) >= 11 is 31.6. The van der Waals surface area contributed by atoms with Gasteiger partial charge in [0.1, 0.15) is 5.38 Å². The summed E-state index contributed by atoms with van der Waals surface area (Å²) in [4.78, 5) is 22.2. The Morgan fingerprint density at radius 2 is 1.30 bits per heavy atom. The van der Waals surface area contributed by atoms with Crippen LogP contribution < -0.4 is 11.4 Å². The van der Waals surface area contributed by atoms with Crippen LogP contribution in [0, 0.1) is 0 Å². The third-order valence-corrected chi connectivity index (χ3v) is 7.29. The minimum atomic E-state index is -1.71. The predicted molar refractivity (Wildman–Crippen MR) is 90.3 cm³/mol. The monoisotopic (exact) mass is 411 g/mol. The molecule has 1 aliphatic carbocycles. The Morgan fingerprint density at radius 1 is 0.870 bits per heavy atom. The Labute approximate surface area is 154 Å². The maximum atomic E-state index is 12.8. The molecule has 120 valence electrons. The molecule has 0 radical (unpaired) electrons. The average molecular weight is 413 g/mol. The molecular formula is C13H6Cl5N3O2. The maximum absolute atomic E-state index is 12.8. The molecule has 23 heavy (non-hydrogen) atoms. The van der Waals surface area contributed by atoms with Crippen LogP contribution in [0.1, 0.15) is 0 Å². The molecule has 0 N–H and O–H groups in total. The van der Waals surface area contributed by atoms with E-state index in [-0.39, 0.29) is 10.1 Å². The van der Waals surface area contributed by atoms with Crippen LogP contribution in [-0.2, 0) is 10.00 Å². The van der Waals surface area contributed by atoms with Gasteiger partial charge in [0.25, 0.3) is 0 Å². The maximum Gasteiger partial charge on any atom is 0.354 e. The first-order valence-electron chi connectivity index (χ1n) is 6.39. The van der Waals surface area contributed by atoms with Crippen LogP contribution in [0.25, 0.3) is 5.69 Å². The molecule has 1 aliphatic heterocycles. The van der Waals surface area contributed by atoms with E-state index in [1.54, 1.807) is 30.3 Å². The summed E-state index contributed by atoms with van der Waals surface area (Å²) in [5.74, 6) is 0. The first-order valence-corrected chi connectivity index (χ1v) is 8.33. The zero-order valence-electron chi connectivity index (χ0n) is 11.0.